The molecule has 3 heterocycles. The zero-order valence-corrected chi connectivity index (χ0v) is 19.5. The van der Waals surface area contributed by atoms with Crippen molar-refractivity contribution < 1.29 is 9.18 Å². The van der Waals surface area contributed by atoms with Gasteiger partial charge < -0.3 is 4.90 Å². The molecule has 32 heavy (non-hydrogen) atoms. The van der Waals surface area contributed by atoms with Gasteiger partial charge in [0.1, 0.15) is 11.5 Å². The summed E-state index contributed by atoms with van der Waals surface area (Å²) in [6, 6.07) is 12.6. The zero-order valence-electron chi connectivity index (χ0n) is 19.5. The molecule has 0 radical (unpaired) electrons. The molecule has 1 aliphatic heterocycles. The number of likely N-dealkylation sites (tertiary alicyclic amines) is 1. The van der Waals surface area contributed by atoms with Gasteiger partial charge in [0.25, 0.3) is 5.91 Å². The van der Waals surface area contributed by atoms with Crippen LogP contribution in [0.4, 0.5) is 4.39 Å². The first-order valence-electron chi connectivity index (χ1n) is 11.2. The number of carbonyl (C=O) groups is 1. The quantitative estimate of drug-likeness (QED) is 0.566. The fraction of sp³-hybridized carbons (Fsp3) is 0.423. The molecule has 0 aliphatic carbocycles. The van der Waals surface area contributed by atoms with Crippen LogP contribution in [0, 0.1) is 12.7 Å². The van der Waals surface area contributed by atoms with E-state index in [1.807, 2.05) is 31.0 Å². The Hall–Kier alpha value is -3.02. The van der Waals surface area contributed by atoms with E-state index in [1.54, 1.807) is 16.8 Å². The van der Waals surface area contributed by atoms with Crippen molar-refractivity contribution in [3.05, 3.63) is 71.1 Å². The lowest BCUT2D eigenvalue weighted by Crippen LogP contribution is -2.40. The number of aromatic nitrogens is 3. The normalized spacial score (nSPS) is 16.9. The minimum atomic E-state index is -0.244. The van der Waals surface area contributed by atoms with Crippen LogP contribution in [0.15, 0.2) is 42.5 Å². The number of hydrogen-bond donors (Lipinski definition) is 0. The average molecular weight is 435 g/mol. The second-order valence-electron chi connectivity index (χ2n) is 9.81. The number of aryl methyl sites for hydroxylation is 2. The van der Waals surface area contributed by atoms with Crippen LogP contribution in [0.5, 0.6) is 0 Å². The molecule has 1 fully saturated rings. The summed E-state index contributed by atoms with van der Waals surface area (Å²) in [5.74, 6) is -0.0558. The van der Waals surface area contributed by atoms with Crippen LogP contribution in [-0.2, 0) is 12.5 Å². The number of rotatable bonds is 3. The van der Waals surface area contributed by atoms with E-state index in [9.17, 15) is 9.18 Å². The predicted molar refractivity (Wildman–Crippen MR) is 124 cm³/mol. The Balaban J connectivity index is 1.57. The van der Waals surface area contributed by atoms with E-state index in [2.05, 4.69) is 31.9 Å². The Morgan fingerprint density at radius 2 is 1.81 bits per heavy atom. The predicted octanol–water partition coefficient (Wildman–Crippen LogP) is 5.25. The number of halogens is 1. The Morgan fingerprint density at radius 3 is 2.47 bits per heavy atom. The minimum absolute atomic E-state index is 0.0200. The van der Waals surface area contributed by atoms with Crippen molar-refractivity contribution in [2.45, 2.75) is 51.9 Å². The van der Waals surface area contributed by atoms with Crippen molar-refractivity contribution >= 4 is 5.91 Å². The van der Waals surface area contributed by atoms with Crippen LogP contribution in [0.2, 0.25) is 0 Å². The molecule has 1 atom stereocenters. The summed E-state index contributed by atoms with van der Waals surface area (Å²) in [5, 5.41) is 4.57. The molecule has 6 heteroatoms. The molecule has 1 aromatic carbocycles. The molecule has 168 valence electrons. The molecule has 1 saturated heterocycles. The monoisotopic (exact) mass is 434 g/mol. The highest BCUT2D eigenvalue weighted by Gasteiger charge is 2.29. The van der Waals surface area contributed by atoms with E-state index in [1.165, 1.54) is 12.1 Å². The summed E-state index contributed by atoms with van der Waals surface area (Å²) in [4.78, 5) is 20.1. The molecule has 2 aromatic heterocycles. The van der Waals surface area contributed by atoms with Crippen molar-refractivity contribution in [1.29, 1.82) is 0 Å². The van der Waals surface area contributed by atoms with Gasteiger partial charge >= 0.3 is 0 Å². The van der Waals surface area contributed by atoms with Crippen molar-refractivity contribution in [3.63, 3.8) is 0 Å². The van der Waals surface area contributed by atoms with Gasteiger partial charge in [-0.05, 0) is 61.2 Å². The second kappa shape index (κ2) is 8.49. The van der Waals surface area contributed by atoms with Gasteiger partial charge in [0.05, 0.1) is 5.69 Å². The van der Waals surface area contributed by atoms with Crippen LogP contribution < -0.4 is 0 Å². The summed E-state index contributed by atoms with van der Waals surface area (Å²) >= 11 is 0. The third-order valence-electron chi connectivity index (χ3n) is 6.15. The largest absolute Gasteiger partial charge is 0.337 e. The number of amides is 1. The van der Waals surface area contributed by atoms with Crippen molar-refractivity contribution in [1.82, 2.24) is 19.7 Å². The topological polar surface area (TPSA) is 51.0 Å². The molecule has 0 N–H and O–H groups in total. The second-order valence-corrected chi connectivity index (χ2v) is 9.81. The molecule has 5 nitrogen and oxygen atoms in total. The van der Waals surface area contributed by atoms with Crippen LogP contribution in [0.25, 0.3) is 11.1 Å². The smallest absolute Gasteiger partial charge is 0.272 e. The van der Waals surface area contributed by atoms with E-state index < -0.39 is 0 Å². The van der Waals surface area contributed by atoms with Crippen molar-refractivity contribution in [3.8, 4) is 11.1 Å². The van der Waals surface area contributed by atoms with E-state index in [0.29, 0.717) is 12.2 Å². The highest BCUT2D eigenvalue weighted by atomic mass is 19.1. The summed E-state index contributed by atoms with van der Waals surface area (Å²) in [5.41, 5.74) is 5.34. The SMILES string of the molecule is Cc1cc(-c2ccc(F)cc2)cc(C2CCCN(C(=O)c3cc(C(C)(C)C)nn3C)C2)n1. The van der Waals surface area contributed by atoms with Crippen LogP contribution in [0.3, 0.4) is 0 Å². The number of benzene rings is 1. The summed E-state index contributed by atoms with van der Waals surface area (Å²) < 4.78 is 15.0. The molecule has 0 saturated carbocycles. The lowest BCUT2D eigenvalue weighted by atomic mass is 9.91. The Morgan fingerprint density at radius 1 is 1.09 bits per heavy atom. The molecule has 1 unspecified atom stereocenters. The van der Waals surface area contributed by atoms with Gasteiger partial charge in [-0.1, -0.05) is 32.9 Å². The number of piperidine rings is 1. The minimum Gasteiger partial charge on any atom is -0.337 e. The first-order valence-corrected chi connectivity index (χ1v) is 11.2. The highest BCUT2D eigenvalue weighted by molar-refractivity contribution is 5.93. The summed E-state index contributed by atoms with van der Waals surface area (Å²) in [6.07, 6.45) is 1.92. The molecule has 1 aliphatic rings. The van der Waals surface area contributed by atoms with Gasteiger partial charge in [0.15, 0.2) is 0 Å². The van der Waals surface area contributed by atoms with E-state index in [4.69, 9.17) is 4.98 Å². The highest BCUT2D eigenvalue weighted by Crippen LogP contribution is 2.31. The molecule has 3 aromatic rings. The first kappa shape index (κ1) is 22.2. The van der Waals surface area contributed by atoms with Crippen LogP contribution in [0.1, 0.15) is 67.1 Å². The van der Waals surface area contributed by atoms with Crippen molar-refractivity contribution in [2.75, 3.05) is 13.1 Å². The summed E-state index contributed by atoms with van der Waals surface area (Å²) in [7, 11) is 1.83. The maximum Gasteiger partial charge on any atom is 0.272 e. The van der Waals surface area contributed by atoms with E-state index in [0.717, 1.165) is 47.6 Å². The van der Waals surface area contributed by atoms with E-state index >= 15 is 0 Å². The Labute approximate surface area is 189 Å². The zero-order chi connectivity index (χ0) is 23.0. The van der Waals surface area contributed by atoms with Crippen LogP contribution in [-0.4, -0.2) is 38.7 Å². The fourth-order valence-electron chi connectivity index (χ4n) is 4.31. The van der Waals surface area contributed by atoms with Gasteiger partial charge in [-0.25, -0.2) is 4.39 Å². The van der Waals surface area contributed by atoms with Gasteiger partial charge in [-0.2, -0.15) is 5.10 Å². The maximum absolute atomic E-state index is 13.3. The van der Waals surface area contributed by atoms with Gasteiger partial charge in [0, 0.05) is 42.9 Å². The fourth-order valence-corrected chi connectivity index (χ4v) is 4.31. The maximum atomic E-state index is 13.3. The number of carbonyl (C=O) groups excluding carboxylic acids is 1. The molecule has 0 bridgehead atoms. The summed E-state index contributed by atoms with van der Waals surface area (Å²) in [6.45, 7) is 9.65. The molecular weight excluding hydrogens is 403 g/mol. The van der Waals surface area contributed by atoms with Gasteiger partial charge in [0.2, 0.25) is 0 Å². The Bertz CT molecular complexity index is 1130. The first-order chi connectivity index (χ1) is 15.1. The standard InChI is InChI=1S/C26H31FN4O/c1-17-13-20(18-8-10-21(27)11-9-18)14-22(28-17)19-7-6-12-31(16-19)25(32)23-15-24(26(2,3)4)29-30(23)5/h8-11,13-15,19H,6-7,12,16H2,1-5H3. The number of hydrogen-bond acceptors (Lipinski definition) is 3. The van der Waals surface area contributed by atoms with Gasteiger partial charge in [-0.3, -0.25) is 14.5 Å². The number of pyridine rings is 1. The third kappa shape index (κ3) is 4.59. The molecule has 4 rings (SSSR count). The average Bonchev–Trinajstić information content (AvgIpc) is 3.15. The van der Waals surface area contributed by atoms with Crippen LogP contribution >= 0.6 is 0 Å². The number of nitrogens with zero attached hydrogens (tertiary/aromatic N) is 4. The van der Waals surface area contributed by atoms with Crippen molar-refractivity contribution in [2.24, 2.45) is 7.05 Å². The lowest BCUT2D eigenvalue weighted by Gasteiger charge is -2.32. The van der Waals surface area contributed by atoms with Gasteiger partial charge in [-0.15, -0.1) is 0 Å². The third-order valence-corrected chi connectivity index (χ3v) is 6.15. The molecular formula is C26H31FN4O. The molecule has 1 amide bonds. The van der Waals surface area contributed by atoms with E-state index in [-0.39, 0.29) is 23.1 Å². The Kier molecular flexibility index (Phi) is 5.89. The lowest BCUT2D eigenvalue weighted by molar-refractivity contribution is 0.0694. The molecule has 0 spiro atoms.